The van der Waals surface area contributed by atoms with Crippen LogP contribution in [0.1, 0.15) is 35.7 Å². The monoisotopic (exact) mass is 289 g/mol. The van der Waals surface area contributed by atoms with Crippen molar-refractivity contribution >= 4 is 0 Å². The first-order chi connectivity index (χ1) is 10.2. The van der Waals surface area contributed by atoms with E-state index in [-0.39, 0.29) is 0 Å². The van der Waals surface area contributed by atoms with E-state index in [4.69, 9.17) is 9.15 Å². The average Bonchev–Trinajstić information content (AvgIpc) is 3.03. The van der Waals surface area contributed by atoms with Gasteiger partial charge in [-0.05, 0) is 26.0 Å². The Morgan fingerprint density at radius 3 is 3.00 bits per heavy atom. The van der Waals surface area contributed by atoms with Crippen molar-refractivity contribution in [2.24, 2.45) is 7.05 Å². The third kappa shape index (κ3) is 3.04. The molecule has 0 saturated carbocycles. The minimum atomic E-state index is 0.372. The van der Waals surface area contributed by atoms with Gasteiger partial charge in [-0.2, -0.15) is 0 Å². The van der Waals surface area contributed by atoms with E-state index in [0.29, 0.717) is 5.92 Å². The van der Waals surface area contributed by atoms with Crippen LogP contribution in [0.25, 0.3) is 0 Å². The van der Waals surface area contributed by atoms with E-state index in [2.05, 4.69) is 27.6 Å². The van der Waals surface area contributed by atoms with Crippen molar-refractivity contribution in [2.45, 2.75) is 32.9 Å². The minimum Gasteiger partial charge on any atom is -0.465 e. The molecule has 0 aromatic carbocycles. The van der Waals surface area contributed by atoms with Gasteiger partial charge in [0, 0.05) is 38.4 Å². The number of imidazole rings is 1. The molecule has 1 unspecified atom stereocenters. The first-order valence-electron chi connectivity index (χ1n) is 7.53. The highest BCUT2D eigenvalue weighted by molar-refractivity contribution is 5.22. The van der Waals surface area contributed by atoms with E-state index in [0.717, 1.165) is 50.1 Å². The van der Waals surface area contributed by atoms with Crippen molar-refractivity contribution in [2.75, 3.05) is 19.8 Å². The number of aryl methyl sites for hydroxylation is 2. The van der Waals surface area contributed by atoms with Gasteiger partial charge in [-0.3, -0.25) is 4.90 Å². The summed E-state index contributed by atoms with van der Waals surface area (Å²) >= 11 is 0. The number of aromatic nitrogens is 2. The van der Waals surface area contributed by atoms with E-state index in [1.54, 1.807) is 0 Å². The first-order valence-corrected chi connectivity index (χ1v) is 7.53. The summed E-state index contributed by atoms with van der Waals surface area (Å²) in [5.41, 5.74) is 2.48. The van der Waals surface area contributed by atoms with E-state index in [9.17, 15) is 0 Å². The van der Waals surface area contributed by atoms with Crippen molar-refractivity contribution in [1.82, 2.24) is 14.5 Å². The SMILES string of the molecule is CCOCC1CN(Cc2ccc(C)o2)Cc2ncn(C)c21. The summed E-state index contributed by atoms with van der Waals surface area (Å²) in [4.78, 5) is 6.93. The van der Waals surface area contributed by atoms with Crippen LogP contribution >= 0.6 is 0 Å². The Bertz CT molecular complexity index is 602. The molecule has 0 fully saturated rings. The maximum atomic E-state index is 5.70. The molecule has 2 aromatic heterocycles. The predicted octanol–water partition coefficient (Wildman–Crippen LogP) is 2.46. The van der Waals surface area contributed by atoms with Gasteiger partial charge < -0.3 is 13.7 Å². The molecule has 1 aliphatic rings. The van der Waals surface area contributed by atoms with E-state index in [1.165, 1.54) is 5.69 Å². The van der Waals surface area contributed by atoms with Crippen LogP contribution in [0, 0.1) is 6.92 Å². The van der Waals surface area contributed by atoms with Gasteiger partial charge in [0.15, 0.2) is 0 Å². The van der Waals surface area contributed by atoms with E-state index >= 15 is 0 Å². The summed E-state index contributed by atoms with van der Waals surface area (Å²) in [6, 6.07) is 4.07. The molecule has 0 N–H and O–H groups in total. The van der Waals surface area contributed by atoms with E-state index in [1.807, 2.05) is 26.2 Å². The quantitative estimate of drug-likeness (QED) is 0.848. The lowest BCUT2D eigenvalue weighted by atomic mass is 9.99. The minimum absolute atomic E-state index is 0.372. The Balaban J connectivity index is 1.76. The Kier molecular flexibility index (Phi) is 4.12. The van der Waals surface area contributed by atoms with Crippen LogP contribution in [0.5, 0.6) is 0 Å². The smallest absolute Gasteiger partial charge is 0.118 e. The maximum absolute atomic E-state index is 5.70. The maximum Gasteiger partial charge on any atom is 0.118 e. The Hall–Kier alpha value is -1.59. The lowest BCUT2D eigenvalue weighted by Crippen LogP contribution is -2.35. The number of furan rings is 1. The van der Waals surface area contributed by atoms with Crippen LogP contribution in [-0.4, -0.2) is 34.2 Å². The largest absolute Gasteiger partial charge is 0.465 e. The van der Waals surface area contributed by atoms with Crippen LogP contribution in [0.2, 0.25) is 0 Å². The van der Waals surface area contributed by atoms with Gasteiger partial charge in [0.25, 0.3) is 0 Å². The molecule has 2 aromatic rings. The van der Waals surface area contributed by atoms with Gasteiger partial charge in [0.05, 0.1) is 25.2 Å². The summed E-state index contributed by atoms with van der Waals surface area (Å²) in [5, 5.41) is 0. The van der Waals surface area contributed by atoms with Crippen molar-refractivity contribution in [3.05, 3.63) is 41.4 Å². The second kappa shape index (κ2) is 6.03. The molecule has 0 aliphatic carbocycles. The van der Waals surface area contributed by atoms with Crippen molar-refractivity contribution in [3.63, 3.8) is 0 Å². The number of fused-ring (bicyclic) bond motifs is 1. The highest BCUT2D eigenvalue weighted by atomic mass is 16.5. The Morgan fingerprint density at radius 1 is 1.43 bits per heavy atom. The molecule has 0 saturated heterocycles. The summed E-state index contributed by atoms with van der Waals surface area (Å²) in [6.07, 6.45) is 1.91. The molecule has 0 amide bonds. The molecule has 3 heterocycles. The van der Waals surface area contributed by atoms with Crippen LogP contribution in [0.3, 0.4) is 0 Å². The molecule has 0 radical (unpaired) electrons. The van der Waals surface area contributed by atoms with Crippen molar-refractivity contribution < 1.29 is 9.15 Å². The molecule has 0 spiro atoms. The van der Waals surface area contributed by atoms with Gasteiger partial charge in [0.1, 0.15) is 11.5 Å². The molecule has 5 heteroatoms. The third-order valence-corrected chi connectivity index (χ3v) is 4.00. The van der Waals surface area contributed by atoms with Crippen LogP contribution in [0.15, 0.2) is 22.9 Å². The fraction of sp³-hybridized carbons (Fsp3) is 0.562. The first kappa shape index (κ1) is 14.4. The summed E-state index contributed by atoms with van der Waals surface area (Å²) in [7, 11) is 2.07. The molecule has 0 bridgehead atoms. The van der Waals surface area contributed by atoms with Crippen LogP contribution in [0.4, 0.5) is 0 Å². The summed E-state index contributed by atoms with van der Waals surface area (Å²) in [6.45, 7) is 8.19. The second-order valence-corrected chi connectivity index (χ2v) is 5.73. The molecular weight excluding hydrogens is 266 g/mol. The van der Waals surface area contributed by atoms with Gasteiger partial charge in [-0.1, -0.05) is 0 Å². The number of nitrogens with zero attached hydrogens (tertiary/aromatic N) is 3. The van der Waals surface area contributed by atoms with Gasteiger partial charge in [-0.25, -0.2) is 4.98 Å². The molecule has 3 rings (SSSR count). The zero-order chi connectivity index (χ0) is 14.8. The average molecular weight is 289 g/mol. The highest BCUT2D eigenvalue weighted by Crippen LogP contribution is 2.28. The number of rotatable bonds is 5. The lowest BCUT2D eigenvalue weighted by Gasteiger charge is -2.32. The summed E-state index contributed by atoms with van der Waals surface area (Å²) in [5.74, 6) is 2.35. The fourth-order valence-electron chi connectivity index (χ4n) is 3.11. The molecular formula is C16H23N3O2. The Morgan fingerprint density at radius 2 is 2.29 bits per heavy atom. The van der Waals surface area contributed by atoms with Gasteiger partial charge in [0.2, 0.25) is 0 Å². The van der Waals surface area contributed by atoms with E-state index < -0.39 is 0 Å². The predicted molar refractivity (Wildman–Crippen MR) is 80.0 cm³/mol. The zero-order valence-electron chi connectivity index (χ0n) is 13.0. The molecule has 1 atom stereocenters. The van der Waals surface area contributed by atoms with Crippen molar-refractivity contribution in [3.8, 4) is 0 Å². The van der Waals surface area contributed by atoms with Gasteiger partial charge in [-0.15, -0.1) is 0 Å². The summed E-state index contributed by atoms with van der Waals surface area (Å²) < 4.78 is 13.5. The number of hydrogen-bond acceptors (Lipinski definition) is 4. The molecule has 5 nitrogen and oxygen atoms in total. The second-order valence-electron chi connectivity index (χ2n) is 5.73. The fourth-order valence-corrected chi connectivity index (χ4v) is 3.11. The van der Waals surface area contributed by atoms with Crippen molar-refractivity contribution in [1.29, 1.82) is 0 Å². The number of hydrogen-bond donors (Lipinski definition) is 0. The topological polar surface area (TPSA) is 43.4 Å². The Labute approximate surface area is 125 Å². The molecule has 114 valence electrons. The third-order valence-electron chi connectivity index (χ3n) is 4.00. The van der Waals surface area contributed by atoms with Gasteiger partial charge >= 0.3 is 0 Å². The van der Waals surface area contributed by atoms with Crippen LogP contribution in [-0.2, 0) is 24.9 Å². The zero-order valence-corrected chi connectivity index (χ0v) is 13.0. The molecule has 1 aliphatic heterocycles. The highest BCUT2D eigenvalue weighted by Gasteiger charge is 2.29. The van der Waals surface area contributed by atoms with Crippen LogP contribution < -0.4 is 0 Å². The number of ether oxygens (including phenoxy) is 1. The molecule has 21 heavy (non-hydrogen) atoms. The lowest BCUT2D eigenvalue weighted by molar-refractivity contribution is 0.0996. The standard InChI is InChI=1S/C16H23N3O2/c1-4-20-10-13-7-19(8-14-6-5-12(2)21-14)9-15-16(13)18(3)11-17-15/h5-6,11,13H,4,7-10H2,1-3H3. The normalized spacial score (nSPS) is 18.9.